The van der Waals surface area contributed by atoms with Crippen LogP contribution >= 0.6 is 0 Å². The zero-order valence-electron chi connectivity index (χ0n) is 21.4. The molecule has 20 heavy (non-hydrogen) atoms. The maximum Gasteiger partial charge on any atom is 0.118 e. The monoisotopic (exact) mass is 288 g/mol. The molecule has 0 amide bonds. The van der Waals surface area contributed by atoms with Crippen LogP contribution in [0, 0.1) is 0 Å². The van der Waals surface area contributed by atoms with Gasteiger partial charge in [-0.2, -0.15) is 0 Å². The summed E-state index contributed by atoms with van der Waals surface area (Å²) >= 11 is 0. The Hall–Kier alpha value is -1.06. The van der Waals surface area contributed by atoms with Crippen molar-refractivity contribution in [1.82, 2.24) is 0 Å². The first-order valence-electron chi connectivity index (χ1n) is 12.0. The van der Waals surface area contributed by atoms with Gasteiger partial charge in [-0.3, -0.25) is 0 Å². The Bertz CT molecular complexity index is 696. The molecule has 112 valence electrons. The van der Waals surface area contributed by atoms with Crippen molar-refractivity contribution in [3.63, 3.8) is 0 Å². The smallest absolute Gasteiger partial charge is 0.118 e. The molecule has 2 atom stereocenters. The molecular weight excluding hydrogens is 250 g/mol. The van der Waals surface area contributed by atoms with Crippen LogP contribution in [-0.2, 0) is 0 Å². The molecule has 0 aliphatic heterocycles. The summed E-state index contributed by atoms with van der Waals surface area (Å²) in [6, 6.07) is 5.45. The van der Waals surface area contributed by atoms with Crippen LogP contribution in [0.15, 0.2) is 24.3 Å². The molecule has 0 saturated heterocycles. The molecule has 3 heteroatoms. The fourth-order valence-corrected chi connectivity index (χ4v) is 2.86. The van der Waals surface area contributed by atoms with Gasteiger partial charge in [-0.1, -0.05) is 31.4 Å². The second kappa shape index (κ2) is 6.59. The lowest BCUT2D eigenvalue weighted by atomic mass is 9.72. The number of aliphatic hydroxyl groups is 1. The topological polar surface area (TPSA) is 33.9 Å². The van der Waals surface area contributed by atoms with E-state index in [9.17, 15) is 5.11 Å². The highest BCUT2D eigenvalue weighted by atomic mass is 16.5. The van der Waals surface area contributed by atoms with Crippen molar-refractivity contribution in [3.05, 3.63) is 29.8 Å². The van der Waals surface area contributed by atoms with Gasteiger partial charge in [-0.15, -0.1) is 0 Å². The number of rotatable bonds is 5. The van der Waals surface area contributed by atoms with E-state index in [0.29, 0.717) is 12.8 Å². The Morgan fingerprint density at radius 3 is 2.70 bits per heavy atom. The Morgan fingerprint density at radius 1 is 1.35 bits per heavy atom. The van der Waals surface area contributed by atoms with Gasteiger partial charge in [0.25, 0.3) is 0 Å². The first-order valence-corrected chi connectivity index (χ1v) is 6.82. The molecule has 1 saturated carbocycles. The van der Waals surface area contributed by atoms with Crippen LogP contribution in [-0.4, -0.2) is 38.2 Å². The number of nitrogens with one attached hydrogen (secondary N) is 1. The fraction of sp³-hybridized carbons (Fsp3) is 0.647. The van der Waals surface area contributed by atoms with E-state index in [1.54, 1.807) is 0 Å². The van der Waals surface area contributed by atoms with Gasteiger partial charge in [0.2, 0.25) is 0 Å². The predicted molar refractivity (Wildman–Crippen MR) is 81.4 cm³/mol. The summed E-state index contributed by atoms with van der Waals surface area (Å²) in [6.45, 7) is -7.73. The third-order valence-electron chi connectivity index (χ3n) is 3.89. The fourth-order valence-electron chi connectivity index (χ4n) is 2.86. The molecule has 0 aromatic heterocycles. The largest absolute Gasteiger partial charge is 0.497 e. The highest BCUT2D eigenvalue weighted by molar-refractivity contribution is 5.31. The summed E-state index contributed by atoms with van der Waals surface area (Å²) < 4.78 is 82.1. The molecule has 1 aliphatic carbocycles. The number of benzene rings is 1. The molecular formula is C17H28NO2+. The highest BCUT2D eigenvalue weighted by Gasteiger charge is 2.40. The van der Waals surface area contributed by atoms with Crippen LogP contribution in [0.1, 0.15) is 57.3 Å². The summed E-state index contributed by atoms with van der Waals surface area (Å²) in [7, 11) is -2.66. The van der Waals surface area contributed by atoms with Crippen LogP contribution in [0.3, 0.4) is 0 Å². The van der Waals surface area contributed by atoms with E-state index in [1.807, 2.05) is 0 Å². The number of hydrogen-bond acceptors (Lipinski definition) is 2. The molecule has 1 aromatic carbocycles. The van der Waals surface area contributed by atoms with Crippen LogP contribution in [0.25, 0.3) is 0 Å². The first kappa shape index (κ1) is 6.80. The van der Waals surface area contributed by atoms with Crippen LogP contribution in [0.2, 0.25) is 0 Å². The third kappa shape index (κ3) is 3.53. The molecule has 0 heterocycles. The molecule has 2 rings (SSSR count). The lowest BCUT2D eigenvalue weighted by Crippen LogP contribution is -3.06. The molecule has 3 nitrogen and oxygen atoms in total. The lowest BCUT2D eigenvalue weighted by molar-refractivity contribution is -0.860. The maximum atomic E-state index is 11.4. The molecule has 1 aliphatic rings. The Balaban J connectivity index is 2.55. The van der Waals surface area contributed by atoms with Crippen molar-refractivity contribution in [3.8, 4) is 5.75 Å². The summed E-state index contributed by atoms with van der Waals surface area (Å²) in [4.78, 5) is -0.887. The van der Waals surface area contributed by atoms with E-state index in [4.69, 9.17) is 18.4 Å². The number of ether oxygens (including phenoxy) is 1. The second-order valence-electron chi connectivity index (χ2n) is 5.33. The van der Waals surface area contributed by atoms with Crippen molar-refractivity contribution in [2.24, 2.45) is 0 Å². The Labute approximate surface area is 136 Å². The standard InChI is InChI=1S/C17H27NO2/c1-18(2)13-16(17(19)11-5-4-6-12-17)14-7-9-15(20-3)10-8-14/h7-10,16,19H,4-6,11-13H2,1-3H3/p+1/i1D2,2D3,3D3,13D2. The van der Waals surface area contributed by atoms with E-state index >= 15 is 0 Å². The van der Waals surface area contributed by atoms with Crippen molar-refractivity contribution < 1.29 is 28.5 Å². The zero-order chi connectivity index (χ0) is 23.0. The van der Waals surface area contributed by atoms with Crippen LogP contribution in [0.5, 0.6) is 5.75 Å². The summed E-state index contributed by atoms with van der Waals surface area (Å²) in [5.74, 6) is -1.33. The molecule has 0 radical (unpaired) electrons. The van der Waals surface area contributed by atoms with E-state index in [-0.39, 0.29) is 24.2 Å². The van der Waals surface area contributed by atoms with Gasteiger partial charge in [0.05, 0.1) is 52.7 Å². The summed E-state index contributed by atoms with van der Waals surface area (Å²) in [6.07, 6.45) is 2.63. The van der Waals surface area contributed by atoms with Gasteiger partial charge in [0.1, 0.15) is 5.75 Å². The van der Waals surface area contributed by atoms with Gasteiger partial charge in [0, 0.05) is 0 Å². The van der Waals surface area contributed by atoms with Gasteiger partial charge >= 0.3 is 0 Å². The lowest BCUT2D eigenvalue weighted by Gasteiger charge is -2.39. The number of methoxy groups -OCH3 is 1. The molecule has 2 N–H and O–H groups in total. The van der Waals surface area contributed by atoms with Crippen molar-refractivity contribution in [2.75, 3.05) is 27.5 Å². The quantitative estimate of drug-likeness (QED) is 0.863. The first-order chi connectivity index (χ1) is 13.6. The third-order valence-corrected chi connectivity index (χ3v) is 3.89. The minimum absolute atomic E-state index is 0.0209. The average molecular weight is 288 g/mol. The number of hydrogen-bond donors (Lipinski definition) is 2. The molecule has 1 aromatic rings. The molecule has 2 unspecified atom stereocenters. The van der Waals surface area contributed by atoms with Gasteiger partial charge in [-0.25, -0.2) is 0 Å². The number of quaternary nitrogens is 1. The highest BCUT2D eigenvalue weighted by Crippen LogP contribution is 2.39. The zero-order valence-corrected chi connectivity index (χ0v) is 11.4. The van der Waals surface area contributed by atoms with Gasteiger partial charge < -0.3 is 14.7 Å². The SMILES string of the molecule is [2H]C([2H])[NH+](C([2H])([2H])[2H])C([2H])([2H])C(c1ccc(OC([2H])([2H])[2H])cc1)C1(O)CCCCC1. The van der Waals surface area contributed by atoms with E-state index < -0.39 is 43.9 Å². The Kier molecular flexibility index (Phi) is 2.24. The van der Waals surface area contributed by atoms with Crippen LogP contribution in [0.4, 0.5) is 0 Å². The van der Waals surface area contributed by atoms with Crippen molar-refractivity contribution in [2.45, 2.75) is 43.6 Å². The van der Waals surface area contributed by atoms with E-state index in [2.05, 4.69) is 0 Å². The average Bonchev–Trinajstić information content (AvgIpc) is 2.53. The predicted octanol–water partition coefficient (Wildman–Crippen LogP) is 1.62. The molecule has 1 fully saturated rings. The van der Waals surface area contributed by atoms with Crippen molar-refractivity contribution >= 4 is 0 Å². The summed E-state index contributed by atoms with van der Waals surface area (Å²) in [5, 5.41) is 11.4. The molecule has 0 spiro atoms. The van der Waals surface area contributed by atoms with E-state index in [1.165, 1.54) is 24.3 Å². The maximum absolute atomic E-state index is 11.4. The minimum atomic E-state index is -2.99. The normalized spacial score (nSPS) is 30.7. The summed E-state index contributed by atoms with van der Waals surface area (Å²) in [5.41, 5.74) is -1.32. The second-order valence-corrected chi connectivity index (χ2v) is 5.33. The minimum Gasteiger partial charge on any atom is -0.497 e. The molecule has 0 bridgehead atoms. The van der Waals surface area contributed by atoms with Gasteiger partial charge in [-0.05, 0) is 30.5 Å². The van der Waals surface area contributed by atoms with Crippen LogP contribution < -0.4 is 9.64 Å². The van der Waals surface area contributed by atoms with Crippen molar-refractivity contribution in [1.29, 1.82) is 0 Å². The van der Waals surface area contributed by atoms with Gasteiger partial charge in [0.15, 0.2) is 0 Å². The Morgan fingerprint density at radius 2 is 2.10 bits per heavy atom. The van der Waals surface area contributed by atoms with E-state index in [0.717, 1.165) is 6.42 Å². The number of likely N-dealkylation sites (N-methyl/N-ethyl adjacent to an activating group) is 1.